The summed E-state index contributed by atoms with van der Waals surface area (Å²) in [6.07, 6.45) is 0.223. The molecule has 1 aliphatic rings. The molecule has 0 bridgehead atoms. The van der Waals surface area contributed by atoms with Crippen LogP contribution >= 0.6 is 0 Å². The lowest BCUT2D eigenvalue weighted by atomic mass is 10.1. The van der Waals surface area contributed by atoms with E-state index >= 15 is 0 Å². The van der Waals surface area contributed by atoms with E-state index in [-0.39, 0.29) is 6.10 Å². The summed E-state index contributed by atoms with van der Waals surface area (Å²) in [6.45, 7) is 0.794. The lowest BCUT2D eigenvalue weighted by molar-refractivity contribution is 0.375. The van der Waals surface area contributed by atoms with Crippen molar-refractivity contribution in [2.75, 3.05) is 20.8 Å². The molecule has 13 heavy (non-hydrogen) atoms. The smallest absolute Gasteiger partial charge is 0.128 e. The molecule has 0 aromatic heterocycles. The van der Waals surface area contributed by atoms with Crippen molar-refractivity contribution < 1.29 is 14.2 Å². The normalized spacial score (nSPS) is 19.7. The van der Waals surface area contributed by atoms with Crippen molar-refractivity contribution in [1.82, 2.24) is 0 Å². The van der Waals surface area contributed by atoms with Crippen LogP contribution in [0.5, 0.6) is 11.5 Å². The Bertz CT molecular complexity index is 305. The fourth-order valence-corrected chi connectivity index (χ4v) is 1.31. The molecule has 1 fully saturated rings. The molecule has 0 N–H and O–H groups in total. The highest BCUT2D eigenvalue weighted by Crippen LogP contribution is 2.37. The summed E-state index contributed by atoms with van der Waals surface area (Å²) in [4.78, 5) is 0. The average molecular weight is 180 g/mol. The minimum Gasteiger partial charge on any atom is -0.497 e. The van der Waals surface area contributed by atoms with Crippen molar-refractivity contribution in [3.8, 4) is 11.5 Å². The second-order valence-corrected chi connectivity index (χ2v) is 2.93. The van der Waals surface area contributed by atoms with Gasteiger partial charge in [0.15, 0.2) is 0 Å². The van der Waals surface area contributed by atoms with E-state index in [1.165, 1.54) is 0 Å². The number of hydrogen-bond acceptors (Lipinski definition) is 3. The van der Waals surface area contributed by atoms with Gasteiger partial charge in [-0.25, -0.2) is 0 Å². The van der Waals surface area contributed by atoms with Gasteiger partial charge in [-0.3, -0.25) is 0 Å². The molecule has 1 aliphatic heterocycles. The van der Waals surface area contributed by atoms with Crippen molar-refractivity contribution in [3.63, 3.8) is 0 Å². The molecule has 70 valence electrons. The van der Waals surface area contributed by atoms with Gasteiger partial charge in [0.05, 0.1) is 20.8 Å². The Morgan fingerprint density at radius 3 is 2.62 bits per heavy atom. The Labute approximate surface area is 77.2 Å². The number of epoxide rings is 1. The predicted molar refractivity (Wildman–Crippen MR) is 48.2 cm³/mol. The van der Waals surface area contributed by atoms with E-state index in [4.69, 9.17) is 14.2 Å². The summed E-state index contributed by atoms with van der Waals surface area (Å²) in [5.41, 5.74) is 1.10. The third-order valence-corrected chi connectivity index (χ3v) is 2.12. The summed E-state index contributed by atoms with van der Waals surface area (Å²) in [6, 6.07) is 5.77. The van der Waals surface area contributed by atoms with Gasteiger partial charge in [0.25, 0.3) is 0 Å². The fraction of sp³-hybridized carbons (Fsp3) is 0.400. The van der Waals surface area contributed by atoms with E-state index in [0.29, 0.717) is 0 Å². The number of hydrogen-bond donors (Lipinski definition) is 0. The van der Waals surface area contributed by atoms with Crippen LogP contribution in [-0.2, 0) is 4.74 Å². The van der Waals surface area contributed by atoms with E-state index in [1.54, 1.807) is 14.2 Å². The second kappa shape index (κ2) is 3.26. The lowest BCUT2D eigenvalue weighted by Gasteiger charge is -2.07. The third-order valence-electron chi connectivity index (χ3n) is 2.12. The number of benzene rings is 1. The van der Waals surface area contributed by atoms with Gasteiger partial charge in [-0.1, -0.05) is 0 Å². The van der Waals surface area contributed by atoms with Gasteiger partial charge in [0, 0.05) is 11.6 Å². The second-order valence-electron chi connectivity index (χ2n) is 2.93. The quantitative estimate of drug-likeness (QED) is 0.664. The van der Waals surface area contributed by atoms with Crippen LogP contribution in [0.3, 0.4) is 0 Å². The Morgan fingerprint density at radius 1 is 1.31 bits per heavy atom. The summed E-state index contributed by atoms with van der Waals surface area (Å²) >= 11 is 0. The summed E-state index contributed by atoms with van der Waals surface area (Å²) in [5, 5.41) is 0. The minimum atomic E-state index is 0.223. The average Bonchev–Trinajstić information content (AvgIpc) is 3.00. The first-order valence-electron chi connectivity index (χ1n) is 4.18. The van der Waals surface area contributed by atoms with E-state index in [9.17, 15) is 0 Å². The maximum absolute atomic E-state index is 5.23. The largest absolute Gasteiger partial charge is 0.497 e. The first-order valence-corrected chi connectivity index (χ1v) is 4.18. The molecule has 0 spiro atoms. The summed E-state index contributed by atoms with van der Waals surface area (Å²) < 4.78 is 15.5. The predicted octanol–water partition coefficient (Wildman–Crippen LogP) is 1.78. The molecule has 0 amide bonds. The van der Waals surface area contributed by atoms with E-state index in [0.717, 1.165) is 23.7 Å². The van der Waals surface area contributed by atoms with Gasteiger partial charge >= 0.3 is 0 Å². The molecule has 1 atom stereocenters. The molecule has 0 aliphatic carbocycles. The standard InChI is InChI=1S/C10H12O3/c1-11-7-3-4-8(10-6-13-10)9(5-7)12-2/h3-5,10H,6H2,1-2H3. The maximum atomic E-state index is 5.23. The molecule has 0 radical (unpaired) electrons. The van der Waals surface area contributed by atoms with Gasteiger partial charge in [0.2, 0.25) is 0 Å². The lowest BCUT2D eigenvalue weighted by Crippen LogP contribution is -1.92. The highest BCUT2D eigenvalue weighted by molar-refractivity contribution is 5.43. The molecule has 3 nitrogen and oxygen atoms in total. The minimum absolute atomic E-state index is 0.223. The van der Waals surface area contributed by atoms with Gasteiger partial charge in [0.1, 0.15) is 17.6 Å². The summed E-state index contributed by atoms with van der Waals surface area (Å²) in [7, 11) is 3.29. The highest BCUT2D eigenvalue weighted by atomic mass is 16.6. The molecule has 1 heterocycles. The molecule has 1 aromatic rings. The van der Waals surface area contributed by atoms with Gasteiger partial charge < -0.3 is 14.2 Å². The monoisotopic (exact) mass is 180 g/mol. The Balaban J connectivity index is 2.33. The summed E-state index contributed by atoms with van der Waals surface area (Å²) in [5.74, 6) is 1.64. The van der Waals surface area contributed by atoms with E-state index < -0.39 is 0 Å². The fourth-order valence-electron chi connectivity index (χ4n) is 1.31. The van der Waals surface area contributed by atoms with Gasteiger partial charge in [-0.05, 0) is 12.1 Å². The molecule has 1 unspecified atom stereocenters. The number of methoxy groups -OCH3 is 2. The molecular weight excluding hydrogens is 168 g/mol. The highest BCUT2D eigenvalue weighted by Gasteiger charge is 2.28. The van der Waals surface area contributed by atoms with Crippen LogP contribution in [0.15, 0.2) is 18.2 Å². The third kappa shape index (κ3) is 1.60. The first-order chi connectivity index (χ1) is 6.35. The van der Waals surface area contributed by atoms with E-state index in [2.05, 4.69) is 0 Å². The van der Waals surface area contributed by atoms with Crippen LogP contribution in [0, 0.1) is 0 Å². The Hall–Kier alpha value is -1.22. The number of rotatable bonds is 3. The molecule has 1 aromatic carbocycles. The molecular formula is C10H12O3. The Kier molecular flexibility index (Phi) is 2.10. The van der Waals surface area contributed by atoms with Gasteiger partial charge in [-0.15, -0.1) is 0 Å². The topological polar surface area (TPSA) is 31.0 Å². The van der Waals surface area contributed by atoms with Crippen molar-refractivity contribution in [2.24, 2.45) is 0 Å². The van der Waals surface area contributed by atoms with Crippen LogP contribution in [0.25, 0.3) is 0 Å². The van der Waals surface area contributed by atoms with Crippen LogP contribution in [-0.4, -0.2) is 20.8 Å². The van der Waals surface area contributed by atoms with Crippen LogP contribution in [0.2, 0.25) is 0 Å². The zero-order chi connectivity index (χ0) is 9.26. The first kappa shape index (κ1) is 8.38. The van der Waals surface area contributed by atoms with Crippen LogP contribution in [0.4, 0.5) is 0 Å². The SMILES string of the molecule is COc1ccc(C2CO2)c(OC)c1. The van der Waals surface area contributed by atoms with Crippen LogP contribution < -0.4 is 9.47 Å². The van der Waals surface area contributed by atoms with Crippen molar-refractivity contribution in [1.29, 1.82) is 0 Å². The Morgan fingerprint density at radius 2 is 2.08 bits per heavy atom. The van der Waals surface area contributed by atoms with Crippen molar-refractivity contribution in [3.05, 3.63) is 23.8 Å². The number of ether oxygens (including phenoxy) is 3. The molecule has 0 saturated carbocycles. The van der Waals surface area contributed by atoms with Gasteiger partial charge in [-0.2, -0.15) is 0 Å². The van der Waals surface area contributed by atoms with Crippen LogP contribution in [0.1, 0.15) is 11.7 Å². The zero-order valence-electron chi connectivity index (χ0n) is 7.74. The molecule has 1 saturated heterocycles. The molecule has 2 rings (SSSR count). The zero-order valence-corrected chi connectivity index (χ0v) is 7.74. The maximum Gasteiger partial charge on any atom is 0.128 e. The molecule has 3 heteroatoms. The van der Waals surface area contributed by atoms with E-state index in [1.807, 2.05) is 18.2 Å². The van der Waals surface area contributed by atoms with Crippen molar-refractivity contribution >= 4 is 0 Å². The van der Waals surface area contributed by atoms with Crippen molar-refractivity contribution in [2.45, 2.75) is 6.10 Å².